The maximum absolute atomic E-state index is 4.32. The van der Waals surface area contributed by atoms with E-state index in [1.165, 1.54) is 36.7 Å². The van der Waals surface area contributed by atoms with Crippen LogP contribution in [0.4, 0.5) is 0 Å². The number of thioether (sulfide) groups is 1. The van der Waals surface area contributed by atoms with Crippen LogP contribution in [-0.2, 0) is 13.5 Å². The van der Waals surface area contributed by atoms with Gasteiger partial charge in [0.2, 0.25) is 0 Å². The second-order valence-electron chi connectivity index (χ2n) is 4.46. The van der Waals surface area contributed by atoms with Crippen molar-refractivity contribution in [2.24, 2.45) is 13.0 Å². The van der Waals surface area contributed by atoms with Crippen molar-refractivity contribution < 1.29 is 0 Å². The molecule has 0 aliphatic carbocycles. The van der Waals surface area contributed by atoms with Crippen molar-refractivity contribution in [3.05, 3.63) is 18.2 Å². The van der Waals surface area contributed by atoms with E-state index in [1.54, 1.807) is 0 Å². The van der Waals surface area contributed by atoms with Gasteiger partial charge in [-0.25, -0.2) is 4.98 Å². The number of nitrogens with one attached hydrogen (secondary N) is 1. The van der Waals surface area contributed by atoms with Crippen molar-refractivity contribution in [3.63, 3.8) is 0 Å². The minimum atomic E-state index is 0.905. The molecule has 0 spiro atoms. The molecule has 0 saturated carbocycles. The third-order valence-electron chi connectivity index (χ3n) is 3.22. The molecule has 1 aliphatic rings. The third kappa shape index (κ3) is 3.52. The zero-order chi connectivity index (χ0) is 11.2. The maximum Gasteiger partial charge on any atom is 0.109 e. The summed E-state index contributed by atoms with van der Waals surface area (Å²) in [7, 11) is 2.06. The van der Waals surface area contributed by atoms with Crippen molar-refractivity contribution in [2.75, 3.05) is 24.6 Å². The standard InChI is InChI=1S/C12H21N3S/c1-15-7-6-14-12(15)2-5-13-10-11-3-8-16-9-4-11/h6-7,11,13H,2-5,8-10H2,1H3. The number of aryl methyl sites for hydroxylation is 1. The normalized spacial score (nSPS) is 17.8. The third-order valence-corrected chi connectivity index (χ3v) is 4.27. The smallest absolute Gasteiger partial charge is 0.109 e. The highest BCUT2D eigenvalue weighted by Gasteiger charge is 2.12. The van der Waals surface area contributed by atoms with E-state index in [9.17, 15) is 0 Å². The number of rotatable bonds is 5. The first-order valence-corrected chi connectivity index (χ1v) is 7.26. The fourth-order valence-corrected chi connectivity index (χ4v) is 3.30. The van der Waals surface area contributed by atoms with Gasteiger partial charge in [0, 0.05) is 32.4 Å². The molecular weight excluding hydrogens is 218 g/mol. The second-order valence-corrected chi connectivity index (χ2v) is 5.69. The number of nitrogens with zero attached hydrogens (tertiary/aromatic N) is 2. The lowest BCUT2D eigenvalue weighted by atomic mass is 10.0. The van der Waals surface area contributed by atoms with Crippen LogP contribution >= 0.6 is 11.8 Å². The zero-order valence-electron chi connectivity index (χ0n) is 9.98. The highest BCUT2D eigenvalue weighted by molar-refractivity contribution is 7.99. The summed E-state index contributed by atoms with van der Waals surface area (Å²) in [6.07, 6.45) is 7.69. The Bertz CT molecular complexity index is 305. The molecule has 0 aromatic carbocycles. The minimum Gasteiger partial charge on any atom is -0.338 e. The Morgan fingerprint density at radius 1 is 1.50 bits per heavy atom. The number of aromatic nitrogens is 2. The summed E-state index contributed by atoms with van der Waals surface area (Å²) in [4.78, 5) is 4.32. The maximum atomic E-state index is 4.32. The van der Waals surface area contributed by atoms with Gasteiger partial charge < -0.3 is 9.88 Å². The van der Waals surface area contributed by atoms with Crippen LogP contribution < -0.4 is 5.32 Å². The largest absolute Gasteiger partial charge is 0.338 e. The number of imidazole rings is 1. The Morgan fingerprint density at radius 3 is 3.00 bits per heavy atom. The molecule has 0 radical (unpaired) electrons. The summed E-state index contributed by atoms with van der Waals surface area (Å²) < 4.78 is 2.10. The lowest BCUT2D eigenvalue weighted by molar-refractivity contribution is 0.448. The molecule has 16 heavy (non-hydrogen) atoms. The van der Waals surface area contributed by atoms with Gasteiger partial charge in [0.25, 0.3) is 0 Å². The van der Waals surface area contributed by atoms with Gasteiger partial charge in [-0.2, -0.15) is 11.8 Å². The number of hydrogen-bond donors (Lipinski definition) is 1. The van der Waals surface area contributed by atoms with E-state index in [4.69, 9.17) is 0 Å². The van der Waals surface area contributed by atoms with E-state index in [0.29, 0.717) is 0 Å². The van der Waals surface area contributed by atoms with E-state index in [0.717, 1.165) is 18.9 Å². The minimum absolute atomic E-state index is 0.905. The van der Waals surface area contributed by atoms with E-state index < -0.39 is 0 Å². The first-order chi connectivity index (χ1) is 7.86. The van der Waals surface area contributed by atoms with Gasteiger partial charge in [-0.15, -0.1) is 0 Å². The van der Waals surface area contributed by atoms with Gasteiger partial charge in [-0.05, 0) is 36.8 Å². The Morgan fingerprint density at radius 2 is 2.31 bits per heavy atom. The van der Waals surface area contributed by atoms with Crippen LogP contribution in [0.5, 0.6) is 0 Å². The molecule has 2 rings (SSSR count). The average Bonchev–Trinajstić information content (AvgIpc) is 2.72. The van der Waals surface area contributed by atoms with Gasteiger partial charge >= 0.3 is 0 Å². The van der Waals surface area contributed by atoms with Crippen LogP contribution in [0.15, 0.2) is 12.4 Å². The van der Waals surface area contributed by atoms with Gasteiger partial charge in [0.15, 0.2) is 0 Å². The van der Waals surface area contributed by atoms with E-state index in [2.05, 4.69) is 33.7 Å². The van der Waals surface area contributed by atoms with Gasteiger partial charge in [-0.1, -0.05) is 0 Å². The molecule has 3 nitrogen and oxygen atoms in total. The molecule has 2 heterocycles. The monoisotopic (exact) mass is 239 g/mol. The molecule has 0 bridgehead atoms. The lowest BCUT2D eigenvalue weighted by Crippen LogP contribution is -2.27. The summed E-state index contributed by atoms with van der Waals surface area (Å²) in [5, 5.41) is 3.56. The van der Waals surface area contributed by atoms with Crippen LogP contribution in [0.2, 0.25) is 0 Å². The van der Waals surface area contributed by atoms with Crippen LogP contribution in [0.1, 0.15) is 18.7 Å². The SMILES string of the molecule is Cn1ccnc1CCNCC1CCSCC1. The van der Waals surface area contributed by atoms with Crippen LogP contribution in [0, 0.1) is 5.92 Å². The molecule has 1 aromatic heterocycles. The van der Waals surface area contributed by atoms with Gasteiger partial charge in [-0.3, -0.25) is 0 Å². The Balaban J connectivity index is 1.59. The summed E-state index contributed by atoms with van der Waals surface area (Å²) in [6.45, 7) is 2.24. The molecule has 1 saturated heterocycles. The number of hydrogen-bond acceptors (Lipinski definition) is 3. The van der Waals surface area contributed by atoms with Crippen molar-refractivity contribution in [1.82, 2.24) is 14.9 Å². The zero-order valence-corrected chi connectivity index (χ0v) is 10.8. The van der Waals surface area contributed by atoms with Crippen LogP contribution in [0.3, 0.4) is 0 Å². The Hall–Kier alpha value is -0.480. The average molecular weight is 239 g/mol. The van der Waals surface area contributed by atoms with Crippen molar-refractivity contribution in [2.45, 2.75) is 19.3 Å². The first kappa shape index (κ1) is 12.0. The first-order valence-electron chi connectivity index (χ1n) is 6.11. The fourth-order valence-electron chi connectivity index (χ4n) is 2.09. The lowest BCUT2D eigenvalue weighted by Gasteiger charge is -2.21. The van der Waals surface area contributed by atoms with Crippen molar-refractivity contribution in [1.29, 1.82) is 0 Å². The molecule has 90 valence electrons. The van der Waals surface area contributed by atoms with E-state index in [-0.39, 0.29) is 0 Å². The summed E-state index contributed by atoms with van der Waals surface area (Å²) >= 11 is 2.10. The molecule has 1 N–H and O–H groups in total. The fraction of sp³-hybridized carbons (Fsp3) is 0.750. The molecule has 1 aliphatic heterocycles. The Labute approximate surface area is 102 Å². The topological polar surface area (TPSA) is 29.9 Å². The predicted octanol–water partition coefficient (Wildman–Crippen LogP) is 1.70. The van der Waals surface area contributed by atoms with Crippen molar-refractivity contribution >= 4 is 11.8 Å². The molecule has 0 atom stereocenters. The molecule has 4 heteroatoms. The van der Waals surface area contributed by atoms with Gasteiger partial charge in [0.1, 0.15) is 5.82 Å². The quantitative estimate of drug-likeness (QED) is 0.793. The predicted molar refractivity (Wildman–Crippen MR) is 69.8 cm³/mol. The molecular formula is C12H21N3S. The molecule has 0 amide bonds. The molecule has 1 aromatic rings. The highest BCUT2D eigenvalue weighted by atomic mass is 32.2. The van der Waals surface area contributed by atoms with Crippen LogP contribution in [-0.4, -0.2) is 34.1 Å². The summed E-state index contributed by atoms with van der Waals surface area (Å²) in [6, 6.07) is 0. The second kappa shape index (κ2) is 6.30. The van der Waals surface area contributed by atoms with Crippen molar-refractivity contribution in [3.8, 4) is 0 Å². The summed E-state index contributed by atoms with van der Waals surface area (Å²) in [5.74, 6) is 4.78. The van der Waals surface area contributed by atoms with E-state index >= 15 is 0 Å². The molecule has 0 unspecified atom stereocenters. The van der Waals surface area contributed by atoms with Gasteiger partial charge in [0.05, 0.1) is 0 Å². The molecule has 1 fully saturated rings. The summed E-state index contributed by atoms with van der Waals surface area (Å²) in [5.41, 5.74) is 0. The van der Waals surface area contributed by atoms with Crippen LogP contribution in [0.25, 0.3) is 0 Å². The van der Waals surface area contributed by atoms with E-state index in [1.807, 2.05) is 12.4 Å². The Kier molecular flexibility index (Phi) is 4.72. The highest BCUT2D eigenvalue weighted by Crippen LogP contribution is 2.21.